The van der Waals surface area contributed by atoms with Gasteiger partial charge in [0.15, 0.2) is 9.84 Å². The maximum absolute atomic E-state index is 11.7. The van der Waals surface area contributed by atoms with Crippen LogP contribution in [-0.4, -0.2) is 26.0 Å². The molecule has 0 saturated heterocycles. The first-order valence-corrected chi connectivity index (χ1v) is 8.43. The Bertz CT molecular complexity index is 542. The molecule has 18 heavy (non-hydrogen) atoms. The predicted octanol–water partition coefficient (Wildman–Crippen LogP) is 3.03. The lowest BCUT2D eigenvalue weighted by Gasteiger charge is -2.21. The summed E-state index contributed by atoms with van der Waals surface area (Å²) in [6.45, 7) is 1.97. The van der Waals surface area contributed by atoms with Crippen LogP contribution >= 0.6 is 11.6 Å². The third kappa shape index (κ3) is 2.98. The fraction of sp³-hybridized carbons (Fsp3) is 0.538. The first-order valence-electron chi connectivity index (χ1n) is 6.09. The van der Waals surface area contributed by atoms with Crippen molar-refractivity contribution in [2.45, 2.75) is 37.5 Å². The van der Waals surface area contributed by atoms with Crippen LogP contribution in [0.4, 0.5) is 5.69 Å². The number of hydrogen-bond donors (Lipinski definition) is 1. The highest BCUT2D eigenvalue weighted by molar-refractivity contribution is 7.91. The molecule has 0 aliphatic heterocycles. The van der Waals surface area contributed by atoms with Crippen molar-refractivity contribution < 1.29 is 8.42 Å². The molecule has 3 nitrogen and oxygen atoms in total. The summed E-state index contributed by atoms with van der Waals surface area (Å²) in [5, 5.41) is 3.78. The van der Waals surface area contributed by atoms with Gasteiger partial charge < -0.3 is 5.32 Å². The quantitative estimate of drug-likeness (QED) is 0.929. The Morgan fingerprint density at radius 2 is 2.06 bits per heavy atom. The molecule has 0 amide bonds. The van der Waals surface area contributed by atoms with Crippen molar-refractivity contribution in [3.8, 4) is 0 Å². The molecule has 5 heteroatoms. The largest absolute Gasteiger partial charge is 0.381 e. The molecule has 1 aliphatic rings. The fourth-order valence-corrected chi connectivity index (χ4v) is 4.21. The van der Waals surface area contributed by atoms with Crippen molar-refractivity contribution in [3.05, 3.63) is 28.8 Å². The van der Waals surface area contributed by atoms with Crippen LogP contribution in [-0.2, 0) is 9.84 Å². The van der Waals surface area contributed by atoms with Gasteiger partial charge in [-0.15, -0.1) is 0 Å². The second-order valence-electron chi connectivity index (χ2n) is 5.01. The van der Waals surface area contributed by atoms with Crippen molar-refractivity contribution >= 4 is 27.1 Å². The highest BCUT2D eigenvalue weighted by atomic mass is 35.5. The number of rotatable bonds is 3. The van der Waals surface area contributed by atoms with E-state index in [4.69, 9.17) is 11.6 Å². The van der Waals surface area contributed by atoms with E-state index < -0.39 is 9.84 Å². The average molecular weight is 288 g/mol. The standard InChI is InChI=1S/C13H18ClNO2S/c1-9-8-10(14)6-7-11(9)15-12-4-3-5-13(12)18(2,16)17/h6-8,12-13,15H,3-5H2,1-2H3. The summed E-state index contributed by atoms with van der Waals surface area (Å²) in [6, 6.07) is 5.63. The van der Waals surface area contributed by atoms with Crippen LogP contribution in [0.15, 0.2) is 18.2 Å². The van der Waals surface area contributed by atoms with Crippen LogP contribution in [0, 0.1) is 6.92 Å². The minimum atomic E-state index is -2.98. The lowest BCUT2D eigenvalue weighted by atomic mass is 10.1. The molecule has 2 unspecified atom stereocenters. The van der Waals surface area contributed by atoms with Gasteiger partial charge in [0.2, 0.25) is 0 Å². The van der Waals surface area contributed by atoms with E-state index in [1.54, 1.807) is 0 Å². The van der Waals surface area contributed by atoms with Crippen molar-refractivity contribution in [2.24, 2.45) is 0 Å². The Morgan fingerprint density at radius 3 is 2.67 bits per heavy atom. The van der Waals surface area contributed by atoms with E-state index >= 15 is 0 Å². The Morgan fingerprint density at radius 1 is 1.33 bits per heavy atom. The normalized spacial score (nSPS) is 24.2. The molecule has 0 aromatic heterocycles. The lowest BCUT2D eigenvalue weighted by molar-refractivity contribution is 0.579. The first kappa shape index (κ1) is 13.7. The monoisotopic (exact) mass is 287 g/mol. The summed E-state index contributed by atoms with van der Waals surface area (Å²) in [5.41, 5.74) is 2.02. The fourth-order valence-electron chi connectivity index (χ4n) is 2.59. The molecule has 1 aromatic carbocycles. The summed E-state index contributed by atoms with van der Waals surface area (Å²) >= 11 is 5.91. The van der Waals surface area contributed by atoms with Gasteiger partial charge in [-0.3, -0.25) is 0 Å². The summed E-state index contributed by atoms with van der Waals surface area (Å²) in [7, 11) is -2.98. The van der Waals surface area contributed by atoms with Crippen molar-refractivity contribution in [3.63, 3.8) is 0 Å². The van der Waals surface area contributed by atoms with Gasteiger partial charge in [-0.1, -0.05) is 11.6 Å². The van der Waals surface area contributed by atoms with Gasteiger partial charge in [0.1, 0.15) is 0 Å². The highest BCUT2D eigenvalue weighted by Crippen LogP contribution is 2.29. The minimum absolute atomic E-state index is 0.0138. The topological polar surface area (TPSA) is 46.2 Å². The van der Waals surface area contributed by atoms with Crippen LogP contribution < -0.4 is 5.32 Å². The van der Waals surface area contributed by atoms with Crippen LogP contribution in [0.1, 0.15) is 24.8 Å². The van der Waals surface area contributed by atoms with Crippen LogP contribution in [0.2, 0.25) is 5.02 Å². The average Bonchev–Trinajstić information content (AvgIpc) is 2.70. The number of benzene rings is 1. The molecule has 0 heterocycles. The van der Waals surface area contributed by atoms with Gasteiger partial charge in [0, 0.05) is 23.0 Å². The lowest BCUT2D eigenvalue weighted by Crippen LogP contribution is -2.34. The maximum atomic E-state index is 11.7. The minimum Gasteiger partial charge on any atom is -0.381 e. The number of aryl methyl sites for hydroxylation is 1. The molecule has 1 aromatic rings. The van der Waals surface area contributed by atoms with E-state index in [9.17, 15) is 8.42 Å². The number of halogens is 1. The summed E-state index contributed by atoms with van der Waals surface area (Å²) in [4.78, 5) is 0. The van der Waals surface area contributed by atoms with Crippen molar-refractivity contribution in [1.82, 2.24) is 0 Å². The number of anilines is 1. The molecule has 1 N–H and O–H groups in total. The van der Waals surface area contributed by atoms with Gasteiger partial charge in [-0.2, -0.15) is 0 Å². The van der Waals surface area contributed by atoms with E-state index in [1.807, 2.05) is 25.1 Å². The van der Waals surface area contributed by atoms with Crippen molar-refractivity contribution in [2.75, 3.05) is 11.6 Å². The Kier molecular flexibility index (Phi) is 3.87. The first-order chi connectivity index (χ1) is 8.38. The zero-order valence-corrected chi connectivity index (χ0v) is 12.2. The SMILES string of the molecule is Cc1cc(Cl)ccc1NC1CCCC1S(C)(=O)=O. The molecule has 2 rings (SSSR count). The van der Waals surface area contributed by atoms with Crippen LogP contribution in [0.3, 0.4) is 0 Å². The second-order valence-corrected chi connectivity index (χ2v) is 7.71. The molecule has 0 radical (unpaired) electrons. The van der Waals surface area contributed by atoms with E-state index in [0.717, 1.165) is 30.5 Å². The van der Waals surface area contributed by atoms with Gasteiger partial charge in [0.25, 0.3) is 0 Å². The molecule has 1 aliphatic carbocycles. The number of sulfone groups is 1. The highest BCUT2D eigenvalue weighted by Gasteiger charge is 2.34. The zero-order chi connectivity index (χ0) is 13.3. The molecule has 1 fully saturated rings. The predicted molar refractivity (Wildman–Crippen MR) is 76.1 cm³/mol. The smallest absolute Gasteiger partial charge is 0.152 e. The van der Waals surface area contributed by atoms with Gasteiger partial charge in [-0.25, -0.2) is 8.42 Å². The molecule has 0 spiro atoms. The number of hydrogen-bond acceptors (Lipinski definition) is 3. The zero-order valence-electron chi connectivity index (χ0n) is 10.6. The molecule has 0 bridgehead atoms. The van der Waals surface area contributed by atoms with E-state index in [1.165, 1.54) is 6.26 Å². The van der Waals surface area contributed by atoms with Gasteiger partial charge >= 0.3 is 0 Å². The summed E-state index contributed by atoms with van der Waals surface area (Å²) in [5.74, 6) is 0. The van der Waals surface area contributed by atoms with E-state index in [-0.39, 0.29) is 11.3 Å². The van der Waals surface area contributed by atoms with E-state index in [0.29, 0.717) is 5.02 Å². The molecular weight excluding hydrogens is 270 g/mol. The second kappa shape index (κ2) is 5.10. The van der Waals surface area contributed by atoms with Gasteiger partial charge in [0.05, 0.1) is 5.25 Å². The Hall–Kier alpha value is -0.740. The van der Waals surface area contributed by atoms with Gasteiger partial charge in [-0.05, 0) is 49.9 Å². The third-order valence-corrected chi connectivity index (χ3v) is 5.43. The Labute approximate surface area is 113 Å². The summed E-state index contributed by atoms with van der Waals surface area (Å²) < 4.78 is 23.4. The van der Waals surface area contributed by atoms with Crippen LogP contribution in [0.25, 0.3) is 0 Å². The number of nitrogens with one attached hydrogen (secondary N) is 1. The summed E-state index contributed by atoms with van der Waals surface area (Å²) in [6.07, 6.45) is 3.94. The molecule has 1 saturated carbocycles. The maximum Gasteiger partial charge on any atom is 0.152 e. The molecular formula is C13H18ClNO2S. The Balaban J connectivity index is 2.18. The van der Waals surface area contributed by atoms with Crippen LogP contribution in [0.5, 0.6) is 0 Å². The molecule has 2 atom stereocenters. The third-order valence-electron chi connectivity index (χ3n) is 3.53. The van der Waals surface area contributed by atoms with Crippen molar-refractivity contribution in [1.29, 1.82) is 0 Å². The molecule has 100 valence electrons. The van der Waals surface area contributed by atoms with E-state index in [2.05, 4.69) is 5.32 Å².